The number of hydrogen-bond donors (Lipinski definition) is 0. The largest absolute Gasteiger partial charge is 0.489 e. The number of rotatable bonds is 5. The lowest BCUT2D eigenvalue weighted by molar-refractivity contribution is 0.101. The standard InChI is InChI=1S/C24H17FO3/c25-21-11-5-4-10-18(21)16-27-19-13-14-20-23(15-19)28-22(24(20)26)12-6-9-17-7-2-1-3-8-17/h1-15H,16H2/b9-6+,22-12-. The molecular formula is C24H17FO3. The molecule has 3 aromatic rings. The summed E-state index contributed by atoms with van der Waals surface area (Å²) in [7, 11) is 0. The van der Waals surface area contributed by atoms with Crippen molar-refractivity contribution in [1.29, 1.82) is 0 Å². The number of ether oxygens (including phenoxy) is 2. The maximum Gasteiger partial charge on any atom is 0.231 e. The molecule has 4 heteroatoms. The zero-order chi connectivity index (χ0) is 19.3. The molecule has 1 aliphatic rings. The van der Waals surface area contributed by atoms with E-state index in [2.05, 4.69) is 0 Å². The molecule has 0 aromatic heterocycles. The third-order valence-corrected chi connectivity index (χ3v) is 4.33. The summed E-state index contributed by atoms with van der Waals surface area (Å²) in [6.07, 6.45) is 5.33. The van der Waals surface area contributed by atoms with Crippen LogP contribution in [0.3, 0.4) is 0 Å². The predicted octanol–water partition coefficient (Wildman–Crippen LogP) is 5.58. The van der Waals surface area contributed by atoms with Gasteiger partial charge >= 0.3 is 0 Å². The van der Waals surface area contributed by atoms with E-state index in [1.807, 2.05) is 36.4 Å². The van der Waals surface area contributed by atoms with Crippen molar-refractivity contribution < 1.29 is 18.7 Å². The molecule has 3 aromatic carbocycles. The molecule has 0 amide bonds. The third-order valence-electron chi connectivity index (χ3n) is 4.33. The number of halogens is 1. The van der Waals surface area contributed by atoms with Crippen LogP contribution in [0.15, 0.2) is 90.7 Å². The van der Waals surface area contributed by atoms with Crippen molar-refractivity contribution in [2.24, 2.45) is 0 Å². The van der Waals surface area contributed by atoms with Crippen LogP contribution in [0.2, 0.25) is 0 Å². The van der Waals surface area contributed by atoms with Crippen molar-refractivity contribution in [3.8, 4) is 11.5 Å². The minimum absolute atomic E-state index is 0.0991. The number of Topliss-reactive ketones (excluding diaryl/α,β-unsaturated/α-hetero) is 1. The van der Waals surface area contributed by atoms with Gasteiger partial charge in [-0.2, -0.15) is 0 Å². The molecule has 138 valence electrons. The van der Waals surface area contributed by atoms with E-state index in [4.69, 9.17) is 9.47 Å². The summed E-state index contributed by atoms with van der Waals surface area (Å²) in [4.78, 5) is 12.5. The van der Waals surface area contributed by atoms with Crippen LogP contribution < -0.4 is 9.47 Å². The van der Waals surface area contributed by atoms with Gasteiger partial charge in [0.05, 0.1) is 5.56 Å². The van der Waals surface area contributed by atoms with E-state index in [9.17, 15) is 9.18 Å². The quantitative estimate of drug-likeness (QED) is 0.549. The Kier molecular flexibility index (Phi) is 5.02. The first-order valence-corrected chi connectivity index (χ1v) is 8.87. The second-order valence-corrected chi connectivity index (χ2v) is 6.27. The Morgan fingerprint density at radius 2 is 1.75 bits per heavy atom. The van der Waals surface area contributed by atoms with E-state index < -0.39 is 0 Å². The van der Waals surface area contributed by atoms with Gasteiger partial charge in [-0.1, -0.05) is 60.7 Å². The van der Waals surface area contributed by atoms with Gasteiger partial charge in [0, 0.05) is 11.6 Å². The Balaban J connectivity index is 1.46. The lowest BCUT2D eigenvalue weighted by Gasteiger charge is -2.08. The maximum absolute atomic E-state index is 13.7. The first-order valence-electron chi connectivity index (χ1n) is 8.87. The molecule has 1 heterocycles. The minimum atomic E-state index is -0.314. The van der Waals surface area contributed by atoms with Crippen LogP contribution in [0.5, 0.6) is 11.5 Å². The van der Waals surface area contributed by atoms with E-state index in [0.29, 0.717) is 22.6 Å². The summed E-state index contributed by atoms with van der Waals surface area (Å²) in [6, 6.07) is 21.2. The maximum atomic E-state index is 13.7. The van der Waals surface area contributed by atoms with Crippen molar-refractivity contribution in [2.45, 2.75) is 6.61 Å². The fourth-order valence-electron chi connectivity index (χ4n) is 2.86. The topological polar surface area (TPSA) is 35.5 Å². The van der Waals surface area contributed by atoms with Crippen molar-refractivity contribution in [3.63, 3.8) is 0 Å². The Bertz CT molecular complexity index is 1070. The number of carbonyl (C=O) groups excluding carboxylic acids is 1. The average molecular weight is 372 g/mol. The summed E-state index contributed by atoms with van der Waals surface area (Å²) in [5.41, 5.74) is 1.98. The lowest BCUT2D eigenvalue weighted by Crippen LogP contribution is -1.98. The minimum Gasteiger partial charge on any atom is -0.489 e. The number of benzene rings is 3. The molecule has 0 fully saturated rings. The monoisotopic (exact) mass is 372 g/mol. The van der Waals surface area contributed by atoms with E-state index >= 15 is 0 Å². The molecule has 3 nitrogen and oxygen atoms in total. The van der Waals surface area contributed by atoms with E-state index in [0.717, 1.165) is 5.56 Å². The summed E-state index contributed by atoms with van der Waals surface area (Å²) in [5, 5.41) is 0. The highest BCUT2D eigenvalue weighted by molar-refractivity contribution is 6.12. The molecule has 0 atom stereocenters. The highest BCUT2D eigenvalue weighted by Crippen LogP contribution is 2.34. The van der Waals surface area contributed by atoms with Gasteiger partial charge in [0.2, 0.25) is 5.78 Å². The molecule has 28 heavy (non-hydrogen) atoms. The van der Waals surface area contributed by atoms with E-state index in [-0.39, 0.29) is 24.0 Å². The van der Waals surface area contributed by atoms with Crippen molar-refractivity contribution >= 4 is 11.9 Å². The van der Waals surface area contributed by atoms with Gasteiger partial charge < -0.3 is 9.47 Å². The molecule has 0 bridgehead atoms. The Labute approximate surface area is 162 Å². The van der Waals surface area contributed by atoms with Crippen LogP contribution in [-0.4, -0.2) is 5.78 Å². The van der Waals surface area contributed by atoms with Crippen LogP contribution in [0.4, 0.5) is 4.39 Å². The second-order valence-electron chi connectivity index (χ2n) is 6.27. The smallest absolute Gasteiger partial charge is 0.231 e. The summed E-state index contributed by atoms with van der Waals surface area (Å²) in [5.74, 6) is 0.721. The van der Waals surface area contributed by atoms with Gasteiger partial charge in [-0.15, -0.1) is 0 Å². The van der Waals surface area contributed by atoms with E-state index in [1.165, 1.54) is 6.07 Å². The van der Waals surface area contributed by atoms with Gasteiger partial charge in [0.15, 0.2) is 5.76 Å². The SMILES string of the molecule is O=C1/C(=C/C=C/c2ccccc2)Oc2cc(OCc3ccccc3F)ccc21. The van der Waals surface area contributed by atoms with Crippen LogP contribution in [0.25, 0.3) is 6.08 Å². The van der Waals surface area contributed by atoms with Crippen LogP contribution in [-0.2, 0) is 6.61 Å². The Hall–Kier alpha value is -3.66. The number of hydrogen-bond acceptors (Lipinski definition) is 3. The second kappa shape index (κ2) is 7.92. The fourth-order valence-corrected chi connectivity index (χ4v) is 2.86. The summed E-state index contributed by atoms with van der Waals surface area (Å²) >= 11 is 0. The number of carbonyl (C=O) groups is 1. The average Bonchev–Trinajstić information content (AvgIpc) is 3.03. The molecule has 0 unspecified atom stereocenters. The number of ketones is 1. The van der Waals surface area contributed by atoms with Crippen molar-refractivity contribution in [2.75, 3.05) is 0 Å². The first kappa shape index (κ1) is 17.7. The predicted molar refractivity (Wildman–Crippen MR) is 106 cm³/mol. The molecule has 0 N–H and O–H groups in total. The molecule has 0 saturated carbocycles. The van der Waals surface area contributed by atoms with Gasteiger partial charge in [-0.05, 0) is 29.8 Å². The van der Waals surface area contributed by atoms with Gasteiger partial charge in [-0.25, -0.2) is 4.39 Å². The summed E-state index contributed by atoms with van der Waals surface area (Å²) in [6.45, 7) is 0.0991. The molecule has 0 aliphatic carbocycles. The highest BCUT2D eigenvalue weighted by atomic mass is 19.1. The normalized spacial score (nSPS) is 14.3. The molecule has 1 aliphatic heterocycles. The first-order chi connectivity index (χ1) is 13.7. The Morgan fingerprint density at radius 1 is 0.964 bits per heavy atom. The van der Waals surface area contributed by atoms with Gasteiger partial charge in [0.1, 0.15) is 23.9 Å². The Morgan fingerprint density at radius 3 is 2.57 bits per heavy atom. The zero-order valence-electron chi connectivity index (χ0n) is 15.0. The van der Waals surface area contributed by atoms with Crippen molar-refractivity contribution in [3.05, 3.63) is 113 Å². The lowest BCUT2D eigenvalue weighted by atomic mass is 10.1. The number of fused-ring (bicyclic) bond motifs is 1. The van der Waals surface area contributed by atoms with Crippen molar-refractivity contribution in [1.82, 2.24) is 0 Å². The molecular weight excluding hydrogens is 355 g/mol. The third kappa shape index (κ3) is 3.86. The molecule has 4 rings (SSSR count). The van der Waals surface area contributed by atoms with Gasteiger partial charge in [0.25, 0.3) is 0 Å². The molecule has 0 saturated heterocycles. The molecule has 0 spiro atoms. The highest BCUT2D eigenvalue weighted by Gasteiger charge is 2.27. The number of allylic oxidation sites excluding steroid dienone is 3. The zero-order valence-corrected chi connectivity index (χ0v) is 15.0. The van der Waals surface area contributed by atoms with Crippen LogP contribution in [0.1, 0.15) is 21.5 Å². The fraction of sp³-hybridized carbons (Fsp3) is 0.0417. The van der Waals surface area contributed by atoms with Crippen LogP contribution in [0, 0.1) is 5.82 Å². The molecule has 0 radical (unpaired) electrons. The van der Waals surface area contributed by atoms with Crippen LogP contribution >= 0.6 is 0 Å². The van der Waals surface area contributed by atoms with Gasteiger partial charge in [-0.3, -0.25) is 4.79 Å². The van der Waals surface area contributed by atoms with E-state index in [1.54, 1.807) is 48.6 Å². The summed E-state index contributed by atoms with van der Waals surface area (Å²) < 4.78 is 25.0.